The monoisotopic (exact) mass is 225 g/mol. The van der Waals surface area contributed by atoms with E-state index in [0.717, 1.165) is 38.5 Å². The lowest BCUT2D eigenvalue weighted by Crippen LogP contribution is -2.56. The Bertz CT molecular complexity index is 305. The van der Waals surface area contributed by atoms with Gasteiger partial charge in [-0.1, -0.05) is 0 Å². The van der Waals surface area contributed by atoms with Crippen molar-refractivity contribution in [2.45, 2.75) is 51.5 Å². The SMILES string of the molecule is CC(=O)NC1CCC12CCC(C(=O)O)CC2. The van der Waals surface area contributed by atoms with Crippen LogP contribution in [0.25, 0.3) is 0 Å². The topological polar surface area (TPSA) is 66.4 Å². The van der Waals surface area contributed by atoms with Gasteiger partial charge >= 0.3 is 5.97 Å². The second-order valence-corrected chi connectivity index (χ2v) is 5.27. The lowest BCUT2D eigenvalue weighted by Gasteiger charge is -2.53. The van der Waals surface area contributed by atoms with Crippen LogP contribution in [-0.4, -0.2) is 23.0 Å². The Morgan fingerprint density at radius 3 is 2.12 bits per heavy atom. The zero-order valence-corrected chi connectivity index (χ0v) is 9.66. The van der Waals surface area contributed by atoms with E-state index in [1.54, 1.807) is 6.92 Å². The fourth-order valence-electron chi connectivity index (χ4n) is 3.21. The van der Waals surface area contributed by atoms with Crippen LogP contribution in [-0.2, 0) is 9.59 Å². The Hall–Kier alpha value is -1.06. The molecule has 0 radical (unpaired) electrons. The van der Waals surface area contributed by atoms with Gasteiger partial charge in [0.1, 0.15) is 0 Å². The molecule has 1 spiro atoms. The third-order valence-corrected chi connectivity index (χ3v) is 4.38. The summed E-state index contributed by atoms with van der Waals surface area (Å²) in [5.74, 6) is -0.793. The Balaban J connectivity index is 1.92. The van der Waals surface area contributed by atoms with E-state index in [9.17, 15) is 9.59 Å². The van der Waals surface area contributed by atoms with Gasteiger partial charge in [0.05, 0.1) is 5.92 Å². The minimum absolute atomic E-state index is 0.0319. The fourth-order valence-corrected chi connectivity index (χ4v) is 3.21. The number of amides is 1. The van der Waals surface area contributed by atoms with Gasteiger partial charge in [0, 0.05) is 13.0 Å². The maximum Gasteiger partial charge on any atom is 0.306 e. The first-order valence-corrected chi connectivity index (χ1v) is 6.03. The third-order valence-electron chi connectivity index (χ3n) is 4.38. The number of carboxylic acids is 1. The van der Waals surface area contributed by atoms with E-state index >= 15 is 0 Å². The molecule has 2 aliphatic rings. The van der Waals surface area contributed by atoms with Crippen LogP contribution in [0.5, 0.6) is 0 Å². The molecule has 0 aromatic carbocycles. The molecule has 0 aromatic rings. The van der Waals surface area contributed by atoms with Crippen LogP contribution in [0.4, 0.5) is 0 Å². The van der Waals surface area contributed by atoms with Gasteiger partial charge in [0.2, 0.25) is 5.91 Å². The second kappa shape index (κ2) is 4.07. The summed E-state index contributed by atoms with van der Waals surface area (Å²) in [4.78, 5) is 21.9. The molecular formula is C12H19NO3. The molecule has 1 atom stereocenters. The Kier molecular flexibility index (Phi) is 2.91. The zero-order chi connectivity index (χ0) is 11.8. The van der Waals surface area contributed by atoms with E-state index in [4.69, 9.17) is 5.11 Å². The number of aliphatic carboxylic acids is 1. The lowest BCUT2D eigenvalue weighted by molar-refractivity contribution is -0.145. The average molecular weight is 225 g/mol. The molecule has 4 nitrogen and oxygen atoms in total. The van der Waals surface area contributed by atoms with Gasteiger partial charge in [-0.3, -0.25) is 9.59 Å². The molecule has 4 heteroatoms. The number of hydrogen-bond donors (Lipinski definition) is 2. The van der Waals surface area contributed by atoms with Crippen LogP contribution < -0.4 is 5.32 Å². The molecule has 2 saturated carbocycles. The van der Waals surface area contributed by atoms with Gasteiger partial charge in [-0.25, -0.2) is 0 Å². The fraction of sp³-hybridized carbons (Fsp3) is 0.833. The normalized spacial score (nSPS) is 37.8. The molecule has 2 aliphatic carbocycles. The highest BCUT2D eigenvalue weighted by molar-refractivity contribution is 5.73. The number of carbonyl (C=O) groups is 2. The predicted molar refractivity (Wildman–Crippen MR) is 58.9 cm³/mol. The summed E-state index contributed by atoms with van der Waals surface area (Å²) < 4.78 is 0. The molecular weight excluding hydrogens is 206 g/mol. The largest absolute Gasteiger partial charge is 0.481 e. The molecule has 0 aliphatic heterocycles. The van der Waals surface area contributed by atoms with Crippen LogP contribution in [0, 0.1) is 11.3 Å². The van der Waals surface area contributed by atoms with Crippen molar-refractivity contribution in [3.8, 4) is 0 Å². The van der Waals surface area contributed by atoms with Crippen molar-refractivity contribution < 1.29 is 14.7 Å². The molecule has 1 unspecified atom stereocenters. The van der Waals surface area contributed by atoms with E-state index in [1.165, 1.54) is 0 Å². The number of nitrogens with one attached hydrogen (secondary N) is 1. The average Bonchev–Trinajstić information content (AvgIpc) is 2.24. The highest BCUT2D eigenvalue weighted by Crippen LogP contribution is 2.52. The van der Waals surface area contributed by atoms with Crippen LogP contribution in [0.2, 0.25) is 0 Å². The maximum atomic E-state index is 11.0. The molecule has 0 saturated heterocycles. The summed E-state index contributed by atoms with van der Waals surface area (Å²) in [5.41, 5.74) is 0.220. The van der Waals surface area contributed by atoms with Crippen molar-refractivity contribution in [3.05, 3.63) is 0 Å². The number of hydrogen-bond acceptors (Lipinski definition) is 2. The summed E-state index contributed by atoms with van der Waals surface area (Å²) in [7, 11) is 0. The van der Waals surface area contributed by atoms with Crippen molar-refractivity contribution in [1.29, 1.82) is 0 Å². The van der Waals surface area contributed by atoms with Gasteiger partial charge in [-0.15, -0.1) is 0 Å². The van der Waals surface area contributed by atoms with Crippen molar-refractivity contribution in [3.63, 3.8) is 0 Å². The number of carboxylic acid groups (broad SMARTS) is 1. The van der Waals surface area contributed by atoms with Crippen molar-refractivity contribution in [2.24, 2.45) is 11.3 Å². The van der Waals surface area contributed by atoms with E-state index in [1.807, 2.05) is 0 Å². The molecule has 16 heavy (non-hydrogen) atoms. The molecule has 2 fully saturated rings. The summed E-state index contributed by atoms with van der Waals surface area (Å²) in [5, 5.41) is 11.9. The van der Waals surface area contributed by atoms with E-state index in [2.05, 4.69) is 5.32 Å². The molecule has 0 heterocycles. The van der Waals surface area contributed by atoms with E-state index < -0.39 is 5.97 Å². The molecule has 1 amide bonds. The van der Waals surface area contributed by atoms with Crippen molar-refractivity contribution in [2.75, 3.05) is 0 Å². The quantitative estimate of drug-likeness (QED) is 0.749. The van der Waals surface area contributed by atoms with E-state index in [-0.39, 0.29) is 17.2 Å². The van der Waals surface area contributed by atoms with Crippen LogP contribution in [0.3, 0.4) is 0 Å². The van der Waals surface area contributed by atoms with Crippen LogP contribution in [0.1, 0.15) is 45.4 Å². The number of carbonyl (C=O) groups excluding carboxylic acids is 1. The molecule has 2 rings (SSSR count). The summed E-state index contributed by atoms with van der Waals surface area (Å²) >= 11 is 0. The molecule has 0 aromatic heterocycles. The highest BCUT2D eigenvalue weighted by Gasteiger charge is 2.49. The van der Waals surface area contributed by atoms with Crippen molar-refractivity contribution in [1.82, 2.24) is 5.32 Å². The first kappa shape index (κ1) is 11.4. The maximum absolute atomic E-state index is 11.0. The Morgan fingerprint density at radius 1 is 1.19 bits per heavy atom. The van der Waals surface area contributed by atoms with Gasteiger partial charge in [0.25, 0.3) is 0 Å². The summed E-state index contributed by atoms with van der Waals surface area (Å²) in [6.07, 6.45) is 5.64. The van der Waals surface area contributed by atoms with Gasteiger partial charge < -0.3 is 10.4 Å². The Labute approximate surface area is 95.4 Å². The summed E-state index contributed by atoms with van der Waals surface area (Å²) in [6.45, 7) is 1.55. The standard InChI is InChI=1S/C12H19NO3/c1-8(14)13-10-4-7-12(10)5-2-9(3-6-12)11(15)16/h9-10H,2-7H2,1H3,(H,13,14)(H,15,16). The third kappa shape index (κ3) is 1.93. The summed E-state index contributed by atoms with van der Waals surface area (Å²) in [6, 6.07) is 0.291. The smallest absolute Gasteiger partial charge is 0.306 e. The lowest BCUT2D eigenvalue weighted by atomic mass is 9.56. The highest BCUT2D eigenvalue weighted by atomic mass is 16.4. The second-order valence-electron chi connectivity index (χ2n) is 5.27. The minimum Gasteiger partial charge on any atom is -0.481 e. The first-order valence-electron chi connectivity index (χ1n) is 6.03. The van der Waals surface area contributed by atoms with Gasteiger partial charge in [-0.2, -0.15) is 0 Å². The molecule has 90 valence electrons. The molecule has 0 bridgehead atoms. The minimum atomic E-state index is -0.662. The van der Waals surface area contributed by atoms with Crippen molar-refractivity contribution >= 4 is 11.9 Å². The Morgan fingerprint density at radius 2 is 1.75 bits per heavy atom. The van der Waals surface area contributed by atoms with E-state index in [0.29, 0.717) is 6.04 Å². The zero-order valence-electron chi connectivity index (χ0n) is 9.66. The first-order chi connectivity index (χ1) is 7.53. The predicted octanol–water partition coefficient (Wildman–Crippen LogP) is 1.55. The molecule has 2 N–H and O–H groups in total. The van der Waals surface area contributed by atoms with Gasteiger partial charge in [0.15, 0.2) is 0 Å². The van der Waals surface area contributed by atoms with Crippen LogP contribution in [0.15, 0.2) is 0 Å². The number of rotatable bonds is 2. The van der Waals surface area contributed by atoms with Crippen LogP contribution >= 0.6 is 0 Å². The van der Waals surface area contributed by atoms with Gasteiger partial charge in [-0.05, 0) is 43.9 Å².